The van der Waals surface area contributed by atoms with Crippen molar-refractivity contribution in [2.45, 2.75) is 6.36 Å². The van der Waals surface area contributed by atoms with E-state index >= 15 is 0 Å². The number of ether oxygens (including phenoxy) is 2. The summed E-state index contributed by atoms with van der Waals surface area (Å²) in [4.78, 5) is 18.0. The van der Waals surface area contributed by atoms with Gasteiger partial charge in [-0.15, -0.1) is 13.2 Å². The van der Waals surface area contributed by atoms with E-state index in [-0.39, 0.29) is 34.0 Å². The fourth-order valence-corrected chi connectivity index (χ4v) is 2.70. The number of carbonyl (C=O) groups is 1. The lowest BCUT2D eigenvalue weighted by atomic mass is 10.2. The predicted octanol–water partition coefficient (Wildman–Crippen LogP) is 4.79. The van der Waals surface area contributed by atoms with Crippen molar-refractivity contribution >= 4 is 28.6 Å². The molecule has 0 bridgehead atoms. The number of nitrogens with zero attached hydrogens (tertiary/aromatic N) is 3. The Morgan fingerprint density at radius 1 is 1.17 bits per heavy atom. The smallest absolute Gasteiger partial charge is 0.478 e. The molecule has 0 atom stereocenters. The van der Waals surface area contributed by atoms with Crippen molar-refractivity contribution in [2.24, 2.45) is 0 Å². The highest BCUT2D eigenvalue weighted by Crippen LogP contribution is 2.38. The molecule has 4 rings (SSSR count). The normalized spacial score (nSPS) is 11.6. The summed E-state index contributed by atoms with van der Waals surface area (Å²) < 4.78 is 49.4. The topological polar surface area (TPSA) is 102 Å². The van der Waals surface area contributed by atoms with Gasteiger partial charge in [0, 0.05) is 23.4 Å². The lowest BCUT2D eigenvalue weighted by Gasteiger charge is -2.14. The Bertz CT molecular complexity index is 1230. The Balaban J connectivity index is 1.76. The number of benzene rings is 2. The zero-order chi connectivity index (χ0) is 21.5. The number of alkyl halides is 3. The number of rotatable bonds is 5. The molecule has 0 unspecified atom stereocenters. The van der Waals surface area contributed by atoms with Crippen molar-refractivity contribution in [1.29, 1.82) is 0 Å². The Hall–Kier alpha value is -3.73. The first kappa shape index (κ1) is 19.6. The second-order valence-corrected chi connectivity index (χ2v) is 6.40. The Morgan fingerprint density at radius 3 is 2.53 bits per heavy atom. The van der Waals surface area contributed by atoms with E-state index in [4.69, 9.17) is 21.4 Å². The molecule has 30 heavy (non-hydrogen) atoms. The number of aromatic carboxylic acids is 1. The van der Waals surface area contributed by atoms with Crippen LogP contribution in [-0.2, 0) is 0 Å². The number of halogens is 4. The number of nitrogens with one attached hydrogen (secondary N) is 1. The molecular weight excluding hydrogens is 429 g/mol. The highest BCUT2D eigenvalue weighted by atomic mass is 35.5. The average molecular weight is 439 g/mol. The van der Waals surface area contributed by atoms with E-state index in [1.165, 1.54) is 36.5 Å². The average Bonchev–Trinajstić information content (AvgIpc) is 3.29. The Morgan fingerprint density at radius 2 is 1.90 bits per heavy atom. The summed E-state index contributed by atoms with van der Waals surface area (Å²) in [5, 5.41) is 13.3. The van der Waals surface area contributed by atoms with Gasteiger partial charge in [-0.3, -0.25) is 0 Å². The lowest BCUT2D eigenvalue weighted by Crippen LogP contribution is -2.17. The number of hydrogen-bond donors (Lipinski definition) is 2. The maximum atomic E-state index is 12.9. The van der Waals surface area contributed by atoms with Crippen molar-refractivity contribution in [3.63, 3.8) is 0 Å². The number of fused-ring (bicyclic) bond motifs is 1. The molecule has 12 heteroatoms. The molecule has 2 aromatic carbocycles. The first-order valence-corrected chi connectivity index (χ1v) is 8.57. The minimum absolute atomic E-state index is 0.0803. The highest BCUT2D eigenvalue weighted by Gasteiger charge is 2.33. The number of imidazole rings is 1. The van der Waals surface area contributed by atoms with E-state index in [0.717, 1.165) is 16.9 Å². The summed E-state index contributed by atoms with van der Waals surface area (Å²) in [6.07, 6.45) is -2.63. The van der Waals surface area contributed by atoms with Gasteiger partial charge in [0.15, 0.2) is 11.5 Å². The van der Waals surface area contributed by atoms with Gasteiger partial charge in [-0.25, -0.2) is 14.5 Å². The lowest BCUT2D eigenvalue weighted by molar-refractivity contribution is -0.275. The van der Waals surface area contributed by atoms with Crippen molar-refractivity contribution in [3.05, 3.63) is 59.4 Å². The number of aromatic nitrogens is 4. The number of carboxylic acid groups (broad SMARTS) is 1. The second kappa shape index (κ2) is 7.26. The molecule has 2 heterocycles. The summed E-state index contributed by atoms with van der Waals surface area (Å²) >= 11 is 5.81. The molecule has 8 nitrogen and oxygen atoms in total. The summed E-state index contributed by atoms with van der Waals surface area (Å²) in [6.45, 7) is 0. The maximum absolute atomic E-state index is 12.9. The molecule has 0 saturated carbocycles. The van der Waals surface area contributed by atoms with Gasteiger partial charge < -0.3 is 19.6 Å². The summed E-state index contributed by atoms with van der Waals surface area (Å²) in [5.41, 5.74) is 0.360. The minimum atomic E-state index is -4.95. The van der Waals surface area contributed by atoms with E-state index in [2.05, 4.69) is 19.8 Å². The summed E-state index contributed by atoms with van der Waals surface area (Å²) in [6, 6.07) is 8.33. The van der Waals surface area contributed by atoms with Crippen LogP contribution in [0.2, 0.25) is 5.02 Å². The van der Waals surface area contributed by atoms with Crippen LogP contribution in [0.15, 0.2) is 48.8 Å². The minimum Gasteiger partial charge on any atom is -0.478 e. The molecule has 2 aromatic heterocycles. The van der Waals surface area contributed by atoms with Crippen LogP contribution >= 0.6 is 11.6 Å². The third kappa shape index (κ3) is 4.15. The van der Waals surface area contributed by atoms with Gasteiger partial charge in [-0.1, -0.05) is 11.6 Å². The van der Waals surface area contributed by atoms with E-state index in [9.17, 15) is 18.0 Å². The number of H-pyrrole nitrogens is 1. The molecule has 0 aliphatic heterocycles. The third-order valence-corrected chi connectivity index (χ3v) is 4.10. The SMILES string of the molecule is O=C(O)c1cnn(-c2nc3cc(Oc4ccc(Cl)cc4)c(OC(F)(F)F)cc3[nH]2)c1. The van der Waals surface area contributed by atoms with Gasteiger partial charge in [-0.05, 0) is 24.3 Å². The number of aromatic amines is 1. The highest BCUT2D eigenvalue weighted by molar-refractivity contribution is 6.30. The molecule has 4 aromatic rings. The molecule has 0 fully saturated rings. The summed E-state index contributed by atoms with van der Waals surface area (Å²) in [5.74, 6) is -1.67. The standard InChI is InChI=1S/C18H10ClF3N4O4/c19-10-1-3-11(4-2-10)29-14-5-12-13(6-15(14)30-18(20,21)22)25-17(24-12)26-8-9(7-23-26)16(27)28/h1-8H,(H,24,25)(H,27,28). The van der Waals surface area contributed by atoms with Crippen LogP contribution in [0, 0.1) is 0 Å². The summed E-state index contributed by atoms with van der Waals surface area (Å²) in [7, 11) is 0. The zero-order valence-corrected chi connectivity index (χ0v) is 15.4. The van der Waals surface area contributed by atoms with Crippen LogP contribution in [0.4, 0.5) is 13.2 Å². The maximum Gasteiger partial charge on any atom is 0.573 e. The van der Waals surface area contributed by atoms with Crippen LogP contribution in [0.3, 0.4) is 0 Å². The molecular formula is C18H10ClF3N4O4. The molecule has 0 spiro atoms. The van der Waals surface area contributed by atoms with Gasteiger partial charge in [0.2, 0.25) is 5.95 Å². The van der Waals surface area contributed by atoms with Crippen LogP contribution in [0.1, 0.15) is 10.4 Å². The van der Waals surface area contributed by atoms with E-state index in [1.807, 2.05) is 0 Å². The Labute approximate surface area is 170 Å². The van der Waals surface area contributed by atoms with Gasteiger partial charge in [0.05, 0.1) is 22.8 Å². The fourth-order valence-electron chi connectivity index (χ4n) is 2.58. The monoisotopic (exact) mass is 438 g/mol. The predicted molar refractivity (Wildman–Crippen MR) is 98.4 cm³/mol. The van der Waals surface area contributed by atoms with Gasteiger partial charge >= 0.3 is 12.3 Å². The largest absolute Gasteiger partial charge is 0.573 e. The van der Waals surface area contributed by atoms with Crippen LogP contribution < -0.4 is 9.47 Å². The zero-order valence-electron chi connectivity index (χ0n) is 14.6. The third-order valence-electron chi connectivity index (χ3n) is 3.85. The van der Waals surface area contributed by atoms with Crippen LogP contribution in [0.5, 0.6) is 17.2 Å². The van der Waals surface area contributed by atoms with Crippen molar-refractivity contribution in [1.82, 2.24) is 19.7 Å². The Kier molecular flexibility index (Phi) is 4.74. The van der Waals surface area contributed by atoms with Crippen LogP contribution in [0.25, 0.3) is 17.0 Å². The fraction of sp³-hybridized carbons (Fsp3) is 0.0556. The van der Waals surface area contributed by atoms with Crippen molar-refractivity contribution in [3.8, 4) is 23.2 Å². The quantitative estimate of drug-likeness (QED) is 0.464. The second-order valence-electron chi connectivity index (χ2n) is 5.96. The molecule has 154 valence electrons. The van der Waals surface area contributed by atoms with Gasteiger partial charge in [0.1, 0.15) is 5.75 Å². The van der Waals surface area contributed by atoms with Gasteiger partial charge in [-0.2, -0.15) is 5.10 Å². The number of hydrogen-bond acceptors (Lipinski definition) is 5. The molecule has 0 aliphatic carbocycles. The first-order valence-electron chi connectivity index (χ1n) is 8.19. The molecule has 2 N–H and O–H groups in total. The molecule has 0 aliphatic rings. The van der Waals surface area contributed by atoms with Crippen LogP contribution in [-0.4, -0.2) is 37.2 Å². The van der Waals surface area contributed by atoms with Crippen molar-refractivity contribution in [2.75, 3.05) is 0 Å². The van der Waals surface area contributed by atoms with E-state index in [1.54, 1.807) is 0 Å². The molecule has 0 amide bonds. The molecule has 0 saturated heterocycles. The van der Waals surface area contributed by atoms with E-state index < -0.39 is 18.1 Å². The number of carboxylic acids is 1. The molecule has 0 radical (unpaired) electrons. The van der Waals surface area contributed by atoms with Crippen molar-refractivity contribution < 1.29 is 32.5 Å². The van der Waals surface area contributed by atoms with Gasteiger partial charge in [0.25, 0.3) is 0 Å². The first-order chi connectivity index (χ1) is 14.2. The van der Waals surface area contributed by atoms with E-state index in [0.29, 0.717) is 5.02 Å².